The number of urea groups is 1. The molecule has 11 heteroatoms. The van der Waals surface area contributed by atoms with Crippen LogP contribution in [-0.2, 0) is 24.1 Å². The average Bonchev–Trinajstić information content (AvgIpc) is 3.33. The maximum absolute atomic E-state index is 13.1. The van der Waals surface area contributed by atoms with Gasteiger partial charge >= 0.3 is 12.2 Å². The van der Waals surface area contributed by atoms with Gasteiger partial charge in [-0.15, -0.1) is 11.3 Å². The molecular weight excluding hydrogens is 455 g/mol. The van der Waals surface area contributed by atoms with Crippen molar-refractivity contribution < 1.29 is 22.8 Å². The van der Waals surface area contributed by atoms with E-state index in [1.807, 2.05) is 5.51 Å². The standard InChI is InChI=1S/C22H20F3N5O2S/c23-22(24,25)18-4-2-15(10-26-18)12-30-19(31)21(28-20(30)32)5-7-29(8-6-21)11-14-1-3-17-16(9-14)27-13-33-17/h1-4,9-10,13H,5-8,11-12H2,(H,28,32). The highest BCUT2D eigenvalue weighted by Gasteiger charge is 2.52. The van der Waals surface area contributed by atoms with Crippen LogP contribution in [0.3, 0.4) is 0 Å². The molecule has 1 aromatic carbocycles. The van der Waals surface area contributed by atoms with Gasteiger partial charge in [-0.05, 0) is 42.2 Å². The summed E-state index contributed by atoms with van der Waals surface area (Å²) in [6.45, 7) is 1.88. The Morgan fingerprint density at radius 1 is 1.03 bits per heavy atom. The van der Waals surface area contributed by atoms with Crippen LogP contribution in [0, 0.1) is 0 Å². The van der Waals surface area contributed by atoms with Crippen molar-refractivity contribution in [2.24, 2.45) is 0 Å². The number of likely N-dealkylation sites (tertiary alicyclic amines) is 1. The molecular formula is C22H20F3N5O2S. The number of amides is 3. The first-order valence-electron chi connectivity index (χ1n) is 10.4. The zero-order valence-corrected chi connectivity index (χ0v) is 18.2. The van der Waals surface area contributed by atoms with Crippen LogP contribution < -0.4 is 5.32 Å². The van der Waals surface area contributed by atoms with Crippen molar-refractivity contribution in [3.8, 4) is 0 Å². The largest absolute Gasteiger partial charge is 0.433 e. The lowest BCUT2D eigenvalue weighted by Crippen LogP contribution is -2.54. The molecule has 2 aliphatic heterocycles. The van der Waals surface area contributed by atoms with Gasteiger partial charge in [-0.1, -0.05) is 12.1 Å². The Morgan fingerprint density at radius 2 is 1.79 bits per heavy atom. The molecule has 0 atom stereocenters. The Balaban J connectivity index is 1.22. The number of benzene rings is 1. The molecule has 7 nitrogen and oxygen atoms in total. The number of aromatic nitrogens is 2. The van der Waals surface area contributed by atoms with E-state index in [0.29, 0.717) is 31.5 Å². The fourth-order valence-corrected chi connectivity index (χ4v) is 5.04. The van der Waals surface area contributed by atoms with E-state index in [1.54, 1.807) is 11.3 Å². The number of nitrogens with one attached hydrogen (secondary N) is 1. The van der Waals surface area contributed by atoms with Gasteiger partial charge in [0.2, 0.25) is 0 Å². The number of halogens is 3. The van der Waals surface area contributed by atoms with Gasteiger partial charge in [0.15, 0.2) is 0 Å². The fraction of sp³-hybridized carbons (Fsp3) is 0.364. The molecule has 1 spiro atoms. The van der Waals surface area contributed by atoms with E-state index in [0.717, 1.165) is 39.5 Å². The van der Waals surface area contributed by atoms with Crippen molar-refractivity contribution in [3.63, 3.8) is 0 Å². The lowest BCUT2D eigenvalue weighted by atomic mass is 9.87. The number of alkyl halides is 3. The van der Waals surface area contributed by atoms with E-state index < -0.39 is 23.4 Å². The number of rotatable bonds is 4. The van der Waals surface area contributed by atoms with Crippen molar-refractivity contribution in [3.05, 3.63) is 58.9 Å². The minimum atomic E-state index is -4.54. The molecule has 0 unspecified atom stereocenters. The number of hydrogen-bond acceptors (Lipinski definition) is 6. The first-order valence-corrected chi connectivity index (χ1v) is 11.3. The molecule has 172 valence electrons. The summed E-state index contributed by atoms with van der Waals surface area (Å²) in [4.78, 5) is 36.7. The minimum absolute atomic E-state index is 0.116. The summed E-state index contributed by atoms with van der Waals surface area (Å²) in [5.74, 6) is -0.337. The zero-order chi connectivity index (χ0) is 23.2. The molecule has 0 bridgehead atoms. The predicted molar refractivity (Wildman–Crippen MR) is 115 cm³/mol. The van der Waals surface area contributed by atoms with Crippen LogP contribution in [0.5, 0.6) is 0 Å². The quantitative estimate of drug-likeness (QED) is 0.581. The number of carbonyl (C=O) groups excluding carboxylic acids is 2. The molecule has 3 amide bonds. The van der Waals surface area contributed by atoms with Crippen molar-refractivity contribution in [1.82, 2.24) is 25.1 Å². The zero-order valence-electron chi connectivity index (χ0n) is 17.4. The molecule has 1 N–H and O–H groups in total. The number of fused-ring (bicyclic) bond motifs is 1. The van der Waals surface area contributed by atoms with E-state index >= 15 is 0 Å². The molecule has 2 fully saturated rings. The predicted octanol–water partition coefficient (Wildman–Crippen LogP) is 3.80. The van der Waals surface area contributed by atoms with Crippen LogP contribution in [-0.4, -0.2) is 50.3 Å². The third kappa shape index (κ3) is 4.18. The minimum Gasteiger partial charge on any atom is -0.323 e. The Morgan fingerprint density at radius 3 is 2.48 bits per heavy atom. The third-order valence-corrected chi connectivity index (χ3v) is 7.02. The summed E-state index contributed by atoms with van der Waals surface area (Å²) in [5.41, 5.74) is 2.31. The molecule has 0 aliphatic carbocycles. The lowest BCUT2D eigenvalue weighted by molar-refractivity contribution is -0.141. The van der Waals surface area contributed by atoms with Gasteiger partial charge < -0.3 is 5.32 Å². The summed E-state index contributed by atoms with van der Waals surface area (Å²) in [7, 11) is 0. The van der Waals surface area contributed by atoms with Gasteiger partial charge in [0.05, 0.1) is 22.3 Å². The van der Waals surface area contributed by atoms with Gasteiger partial charge in [0, 0.05) is 25.8 Å². The summed E-state index contributed by atoms with van der Waals surface area (Å²) in [5, 5.41) is 2.83. The van der Waals surface area contributed by atoms with Gasteiger partial charge in [-0.2, -0.15) is 13.2 Å². The Hall–Kier alpha value is -3.05. The van der Waals surface area contributed by atoms with Crippen molar-refractivity contribution >= 4 is 33.5 Å². The van der Waals surface area contributed by atoms with Crippen LogP contribution in [0.2, 0.25) is 0 Å². The van der Waals surface area contributed by atoms with Crippen LogP contribution in [0.25, 0.3) is 10.2 Å². The van der Waals surface area contributed by atoms with Crippen LogP contribution in [0.1, 0.15) is 29.7 Å². The van der Waals surface area contributed by atoms with E-state index in [1.165, 1.54) is 6.07 Å². The number of imide groups is 1. The Labute approximate surface area is 191 Å². The highest BCUT2D eigenvalue weighted by molar-refractivity contribution is 7.16. The Kier molecular flexibility index (Phi) is 5.32. The molecule has 3 aromatic rings. The average molecular weight is 475 g/mol. The number of nitrogens with zero attached hydrogens (tertiary/aromatic N) is 4. The number of piperidine rings is 1. The monoisotopic (exact) mass is 475 g/mol. The molecule has 4 heterocycles. The maximum Gasteiger partial charge on any atom is 0.433 e. The second kappa shape index (κ2) is 8.07. The first-order chi connectivity index (χ1) is 15.7. The normalized spacial score (nSPS) is 18.9. The number of hydrogen-bond donors (Lipinski definition) is 1. The molecule has 2 aliphatic rings. The van der Waals surface area contributed by atoms with E-state index in [9.17, 15) is 22.8 Å². The molecule has 5 rings (SSSR count). The van der Waals surface area contributed by atoms with Crippen LogP contribution in [0.15, 0.2) is 42.0 Å². The van der Waals surface area contributed by atoms with Gasteiger partial charge in [-0.3, -0.25) is 19.6 Å². The molecule has 2 aromatic heterocycles. The van der Waals surface area contributed by atoms with Gasteiger partial charge in [0.1, 0.15) is 11.2 Å². The SMILES string of the molecule is O=C1NC2(CCN(Cc3ccc4scnc4c3)CC2)C(=O)N1Cc1ccc(C(F)(F)F)nc1. The van der Waals surface area contributed by atoms with E-state index in [2.05, 4.69) is 38.4 Å². The fourth-order valence-electron chi connectivity index (χ4n) is 4.38. The summed E-state index contributed by atoms with van der Waals surface area (Å²) < 4.78 is 39.3. The molecule has 0 radical (unpaired) electrons. The van der Waals surface area contributed by atoms with Gasteiger partial charge in [0.25, 0.3) is 5.91 Å². The van der Waals surface area contributed by atoms with Crippen LogP contribution in [0.4, 0.5) is 18.0 Å². The highest BCUT2D eigenvalue weighted by atomic mass is 32.1. The number of carbonyl (C=O) groups is 2. The number of pyridine rings is 1. The molecule has 33 heavy (non-hydrogen) atoms. The van der Waals surface area contributed by atoms with Crippen LogP contribution >= 0.6 is 11.3 Å². The maximum atomic E-state index is 13.1. The van der Waals surface area contributed by atoms with E-state index in [4.69, 9.17) is 0 Å². The van der Waals surface area contributed by atoms with Crippen molar-refractivity contribution in [2.45, 2.75) is 37.6 Å². The summed E-state index contributed by atoms with van der Waals surface area (Å²) >= 11 is 1.60. The summed E-state index contributed by atoms with van der Waals surface area (Å²) in [6.07, 6.45) is -2.55. The second-order valence-electron chi connectivity index (χ2n) is 8.38. The second-order valence-corrected chi connectivity index (χ2v) is 9.27. The molecule has 2 saturated heterocycles. The smallest absolute Gasteiger partial charge is 0.323 e. The highest BCUT2D eigenvalue weighted by Crippen LogP contribution is 2.32. The summed E-state index contributed by atoms with van der Waals surface area (Å²) in [6, 6.07) is 7.77. The third-order valence-electron chi connectivity index (χ3n) is 6.21. The van der Waals surface area contributed by atoms with Crippen molar-refractivity contribution in [2.75, 3.05) is 13.1 Å². The molecule has 0 saturated carbocycles. The topological polar surface area (TPSA) is 78.4 Å². The van der Waals surface area contributed by atoms with E-state index in [-0.39, 0.29) is 12.5 Å². The number of thiazole rings is 1. The lowest BCUT2D eigenvalue weighted by Gasteiger charge is -2.37. The first kappa shape index (κ1) is 21.8. The Bertz CT molecular complexity index is 1200. The van der Waals surface area contributed by atoms with Crippen molar-refractivity contribution in [1.29, 1.82) is 0 Å². The van der Waals surface area contributed by atoms with Gasteiger partial charge in [-0.25, -0.2) is 9.78 Å².